The van der Waals surface area contributed by atoms with Gasteiger partial charge >= 0.3 is 0 Å². The SMILES string of the molecule is CC(F)c1nnc(-c2cnc(CN3C(=O)COc4ccncc43)s2)o1. The standard InChI is InChI=1S/C15H12FN5O3S/c1-8(16)14-19-20-15(24-14)11-5-18-12(25-11)6-21-9-4-17-3-2-10(9)23-7-13(21)22/h2-5,8H,6-7H2,1H3. The molecule has 1 aliphatic rings. The Bertz CT molecular complexity index is 925. The molecule has 1 atom stereocenters. The van der Waals surface area contributed by atoms with Crippen LogP contribution < -0.4 is 9.64 Å². The Morgan fingerprint density at radius 2 is 2.28 bits per heavy atom. The highest BCUT2D eigenvalue weighted by Gasteiger charge is 2.27. The Morgan fingerprint density at radius 1 is 1.40 bits per heavy atom. The van der Waals surface area contributed by atoms with Crippen molar-refractivity contribution in [1.82, 2.24) is 20.2 Å². The molecule has 4 heterocycles. The van der Waals surface area contributed by atoms with Crippen LogP contribution in [-0.2, 0) is 11.3 Å². The molecule has 1 amide bonds. The fraction of sp³-hybridized carbons (Fsp3) is 0.267. The molecule has 10 heteroatoms. The first kappa shape index (κ1) is 15.6. The van der Waals surface area contributed by atoms with E-state index in [1.807, 2.05) is 0 Å². The minimum Gasteiger partial charge on any atom is -0.481 e. The molecule has 0 aliphatic carbocycles. The lowest BCUT2D eigenvalue weighted by atomic mass is 10.3. The van der Waals surface area contributed by atoms with Gasteiger partial charge in [0.2, 0.25) is 0 Å². The van der Waals surface area contributed by atoms with Crippen molar-refractivity contribution in [3.63, 3.8) is 0 Å². The molecule has 3 aromatic heterocycles. The van der Waals surface area contributed by atoms with Crippen LogP contribution in [0.2, 0.25) is 0 Å². The Kier molecular flexibility index (Phi) is 3.88. The van der Waals surface area contributed by atoms with Gasteiger partial charge in [0.1, 0.15) is 21.3 Å². The second kappa shape index (κ2) is 6.20. The first-order chi connectivity index (χ1) is 12.1. The quantitative estimate of drug-likeness (QED) is 0.705. The number of alkyl halides is 1. The van der Waals surface area contributed by atoms with Crippen molar-refractivity contribution in [2.45, 2.75) is 19.6 Å². The Labute approximate surface area is 145 Å². The predicted octanol–water partition coefficient (Wildman–Crippen LogP) is 2.54. The molecule has 3 aromatic rings. The van der Waals surface area contributed by atoms with Crippen LogP contribution in [0.4, 0.5) is 10.1 Å². The molecular formula is C15H12FN5O3S. The molecule has 0 saturated heterocycles. The summed E-state index contributed by atoms with van der Waals surface area (Å²) in [6.07, 6.45) is 3.42. The van der Waals surface area contributed by atoms with Crippen LogP contribution >= 0.6 is 11.3 Å². The Morgan fingerprint density at radius 3 is 3.08 bits per heavy atom. The van der Waals surface area contributed by atoms with Gasteiger partial charge in [-0.25, -0.2) is 9.37 Å². The van der Waals surface area contributed by atoms with Crippen LogP contribution in [0.15, 0.2) is 29.1 Å². The summed E-state index contributed by atoms with van der Waals surface area (Å²) in [7, 11) is 0. The molecule has 0 saturated carbocycles. The summed E-state index contributed by atoms with van der Waals surface area (Å²) in [4.78, 5) is 22.7. The number of aromatic nitrogens is 4. The first-order valence-electron chi connectivity index (χ1n) is 7.41. The highest BCUT2D eigenvalue weighted by molar-refractivity contribution is 7.15. The van der Waals surface area contributed by atoms with E-state index in [0.29, 0.717) is 21.3 Å². The molecule has 0 bridgehead atoms. The Hall–Kier alpha value is -2.88. The van der Waals surface area contributed by atoms with Gasteiger partial charge in [0.05, 0.1) is 18.9 Å². The zero-order valence-electron chi connectivity index (χ0n) is 13.0. The van der Waals surface area contributed by atoms with Crippen molar-refractivity contribution in [1.29, 1.82) is 0 Å². The fourth-order valence-electron chi connectivity index (χ4n) is 2.34. The van der Waals surface area contributed by atoms with Gasteiger partial charge in [0.25, 0.3) is 17.7 Å². The number of hydrogen-bond acceptors (Lipinski definition) is 8. The van der Waals surface area contributed by atoms with Crippen molar-refractivity contribution in [3.05, 3.63) is 35.6 Å². The third kappa shape index (κ3) is 2.95. The molecule has 1 aliphatic heterocycles. The van der Waals surface area contributed by atoms with Gasteiger partial charge in [-0.2, -0.15) is 0 Å². The monoisotopic (exact) mass is 361 g/mol. The van der Waals surface area contributed by atoms with E-state index in [1.165, 1.54) is 18.3 Å². The summed E-state index contributed by atoms with van der Waals surface area (Å²) in [5.41, 5.74) is 0.599. The summed E-state index contributed by atoms with van der Waals surface area (Å²) in [5, 5.41) is 8.15. The lowest BCUT2D eigenvalue weighted by Gasteiger charge is -2.28. The fourth-order valence-corrected chi connectivity index (χ4v) is 3.16. The molecule has 0 aromatic carbocycles. The van der Waals surface area contributed by atoms with E-state index in [9.17, 15) is 9.18 Å². The molecule has 0 fully saturated rings. The van der Waals surface area contributed by atoms with Crippen LogP contribution in [0.1, 0.15) is 24.0 Å². The van der Waals surface area contributed by atoms with Crippen molar-refractivity contribution >= 4 is 22.9 Å². The minimum absolute atomic E-state index is 0.0311. The molecule has 25 heavy (non-hydrogen) atoms. The number of rotatable bonds is 4. The zero-order valence-corrected chi connectivity index (χ0v) is 13.9. The molecule has 0 N–H and O–H groups in total. The predicted molar refractivity (Wildman–Crippen MR) is 85.9 cm³/mol. The third-order valence-corrected chi connectivity index (χ3v) is 4.51. The van der Waals surface area contributed by atoms with Crippen LogP contribution in [0.3, 0.4) is 0 Å². The molecule has 1 unspecified atom stereocenters. The molecule has 8 nitrogen and oxygen atoms in total. The van der Waals surface area contributed by atoms with Gasteiger partial charge in [-0.1, -0.05) is 0 Å². The summed E-state index contributed by atoms with van der Waals surface area (Å²) in [5.74, 6) is 0.556. The van der Waals surface area contributed by atoms with Gasteiger partial charge in [-0.3, -0.25) is 14.7 Å². The molecule has 4 rings (SSSR count). The summed E-state index contributed by atoms with van der Waals surface area (Å²) in [6, 6.07) is 1.71. The van der Waals surface area contributed by atoms with Crippen LogP contribution in [0.25, 0.3) is 10.8 Å². The average Bonchev–Trinajstić information content (AvgIpc) is 3.26. The van der Waals surface area contributed by atoms with E-state index < -0.39 is 6.17 Å². The van der Waals surface area contributed by atoms with E-state index in [1.54, 1.807) is 29.6 Å². The topological polar surface area (TPSA) is 94.2 Å². The number of anilines is 1. The number of thiazole rings is 1. The lowest BCUT2D eigenvalue weighted by molar-refractivity contribution is -0.121. The van der Waals surface area contributed by atoms with E-state index in [2.05, 4.69) is 20.2 Å². The smallest absolute Gasteiger partial charge is 0.265 e. The highest BCUT2D eigenvalue weighted by atomic mass is 32.1. The van der Waals surface area contributed by atoms with E-state index >= 15 is 0 Å². The number of pyridine rings is 1. The first-order valence-corrected chi connectivity index (χ1v) is 8.23. The van der Waals surface area contributed by atoms with Crippen LogP contribution in [0.5, 0.6) is 5.75 Å². The molecule has 128 valence electrons. The Balaban J connectivity index is 1.58. The van der Waals surface area contributed by atoms with Gasteiger partial charge in [0, 0.05) is 12.3 Å². The average molecular weight is 361 g/mol. The highest BCUT2D eigenvalue weighted by Crippen LogP contribution is 2.33. The molecule has 0 spiro atoms. The van der Waals surface area contributed by atoms with Crippen LogP contribution in [0, 0.1) is 0 Å². The van der Waals surface area contributed by atoms with Gasteiger partial charge in [-0.15, -0.1) is 21.5 Å². The van der Waals surface area contributed by atoms with Gasteiger partial charge in [-0.05, 0) is 6.92 Å². The maximum atomic E-state index is 13.2. The number of amides is 1. The van der Waals surface area contributed by atoms with E-state index in [-0.39, 0.29) is 30.8 Å². The summed E-state index contributed by atoms with van der Waals surface area (Å²) in [6.45, 7) is 1.56. The molecule has 0 radical (unpaired) electrons. The normalized spacial score (nSPS) is 15.0. The number of halogens is 1. The number of fused-ring (bicyclic) bond motifs is 1. The van der Waals surface area contributed by atoms with Crippen molar-refractivity contribution < 1.29 is 18.3 Å². The largest absolute Gasteiger partial charge is 0.481 e. The lowest BCUT2D eigenvalue weighted by Crippen LogP contribution is -2.38. The summed E-state index contributed by atoms with van der Waals surface area (Å²) < 4.78 is 23.9. The maximum Gasteiger partial charge on any atom is 0.265 e. The molecular weight excluding hydrogens is 349 g/mol. The number of nitrogens with zero attached hydrogens (tertiary/aromatic N) is 5. The second-order valence-electron chi connectivity index (χ2n) is 5.29. The van der Waals surface area contributed by atoms with Crippen molar-refractivity contribution in [2.75, 3.05) is 11.5 Å². The number of carbonyl (C=O) groups is 1. The van der Waals surface area contributed by atoms with E-state index in [0.717, 1.165) is 0 Å². The summed E-state index contributed by atoms with van der Waals surface area (Å²) >= 11 is 1.30. The maximum absolute atomic E-state index is 13.2. The number of ether oxygens (including phenoxy) is 1. The third-order valence-electron chi connectivity index (χ3n) is 3.54. The van der Waals surface area contributed by atoms with Crippen molar-refractivity contribution in [3.8, 4) is 16.5 Å². The van der Waals surface area contributed by atoms with Crippen LogP contribution in [-0.4, -0.2) is 32.7 Å². The minimum atomic E-state index is -1.33. The van der Waals surface area contributed by atoms with Gasteiger partial charge < -0.3 is 9.15 Å². The zero-order chi connectivity index (χ0) is 17.4. The van der Waals surface area contributed by atoms with Gasteiger partial charge in [0.15, 0.2) is 12.8 Å². The number of carbonyl (C=O) groups excluding carboxylic acids is 1. The van der Waals surface area contributed by atoms with E-state index in [4.69, 9.17) is 9.15 Å². The second-order valence-corrected chi connectivity index (χ2v) is 6.41. The van der Waals surface area contributed by atoms with Crippen molar-refractivity contribution in [2.24, 2.45) is 0 Å². The number of hydrogen-bond donors (Lipinski definition) is 0.